The molecule has 90 valence electrons. The smallest absolute Gasteiger partial charge is 0.323 e. The van der Waals surface area contributed by atoms with Gasteiger partial charge < -0.3 is 10.1 Å². The topological polar surface area (TPSA) is 38.3 Å². The van der Waals surface area contributed by atoms with Crippen LogP contribution in [0.1, 0.15) is 53.9 Å². The van der Waals surface area contributed by atoms with Gasteiger partial charge in [-0.1, -0.05) is 33.6 Å². The summed E-state index contributed by atoms with van der Waals surface area (Å²) in [7, 11) is 0. The molecule has 3 nitrogen and oxygen atoms in total. The summed E-state index contributed by atoms with van der Waals surface area (Å²) < 4.78 is 5.21. The zero-order valence-corrected chi connectivity index (χ0v) is 10.7. The molecule has 0 spiro atoms. The van der Waals surface area contributed by atoms with Crippen LogP contribution in [0.5, 0.6) is 0 Å². The van der Waals surface area contributed by atoms with Gasteiger partial charge in [0.25, 0.3) is 0 Å². The van der Waals surface area contributed by atoms with Crippen LogP contribution >= 0.6 is 0 Å². The van der Waals surface area contributed by atoms with E-state index in [1.54, 1.807) is 0 Å². The Kier molecular flexibility index (Phi) is 7.39. The maximum atomic E-state index is 11.7. The second-order valence-electron chi connectivity index (χ2n) is 4.50. The Hall–Kier alpha value is -0.570. The van der Waals surface area contributed by atoms with Gasteiger partial charge in [0.05, 0.1) is 6.10 Å². The molecule has 0 unspecified atom stereocenters. The van der Waals surface area contributed by atoms with Crippen LogP contribution in [0, 0.1) is 0 Å². The van der Waals surface area contributed by atoms with Crippen LogP contribution in [-0.2, 0) is 9.53 Å². The summed E-state index contributed by atoms with van der Waals surface area (Å²) in [6.07, 6.45) is 2.99. The van der Waals surface area contributed by atoms with Gasteiger partial charge in [0.15, 0.2) is 0 Å². The molecule has 0 aliphatic rings. The minimum atomic E-state index is -0.146. The molecule has 0 saturated heterocycles. The number of rotatable bonds is 7. The van der Waals surface area contributed by atoms with Crippen molar-refractivity contribution >= 4 is 5.97 Å². The molecule has 0 amide bonds. The van der Waals surface area contributed by atoms with Gasteiger partial charge in [0, 0.05) is 6.04 Å². The highest BCUT2D eigenvalue weighted by molar-refractivity contribution is 5.75. The van der Waals surface area contributed by atoms with Crippen LogP contribution in [0.25, 0.3) is 0 Å². The summed E-state index contributed by atoms with van der Waals surface area (Å²) in [5.41, 5.74) is 0. The fraction of sp³-hybridized carbons (Fsp3) is 0.917. The normalized spacial score (nSPS) is 13.3. The fourth-order valence-electron chi connectivity index (χ4n) is 1.39. The van der Waals surface area contributed by atoms with Crippen LogP contribution in [0.4, 0.5) is 0 Å². The number of ether oxygens (including phenoxy) is 1. The van der Waals surface area contributed by atoms with E-state index in [9.17, 15) is 4.79 Å². The molecule has 0 aliphatic heterocycles. The Morgan fingerprint density at radius 2 is 1.87 bits per heavy atom. The van der Waals surface area contributed by atoms with Gasteiger partial charge in [-0.05, 0) is 20.3 Å². The van der Waals surface area contributed by atoms with E-state index in [1.165, 1.54) is 0 Å². The van der Waals surface area contributed by atoms with Crippen LogP contribution in [0.3, 0.4) is 0 Å². The summed E-state index contributed by atoms with van der Waals surface area (Å²) in [6, 6.07) is 0.166. The highest BCUT2D eigenvalue weighted by Gasteiger charge is 2.20. The zero-order valence-electron chi connectivity index (χ0n) is 10.7. The van der Waals surface area contributed by atoms with Crippen molar-refractivity contribution in [2.24, 2.45) is 0 Å². The van der Waals surface area contributed by atoms with Gasteiger partial charge in [-0.15, -0.1) is 0 Å². The molecule has 0 heterocycles. The summed E-state index contributed by atoms with van der Waals surface area (Å²) in [5.74, 6) is -0.118. The lowest BCUT2D eigenvalue weighted by Crippen LogP contribution is -2.42. The van der Waals surface area contributed by atoms with E-state index in [-0.39, 0.29) is 18.1 Å². The number of carbonyl (C=O) groups excluding carboxylic acids is 1. The molecule has 0 aliphatic carbocycles. The van der Waals surface area contributed by atoms with Gasteiger partial charge in [-0.25, -0.2) is 0 Å². The average Bonchev–Trinajstić information content (AvgIpc) is 2.10. The predicted molar refractivity (Wildman–Crippen MR) is 62.8 cm³/mol. The first-order chi connectivity index (χ1) is 6.97. The highest BCUT2D eigenvalue weighted by Crippen LogP contribution is 2.05. The summed E-state index contributed by atoms with van der Waals surface area (Å²) in [4.78, 5) is 11.7. The molecule has 0 saturated carbocycles. The minimum Gasteiger partial charge on any atom is -0.462 e. The monoisotopic (exact) mass is 215 g/mol. The maximum absolute atomic E-state index is 11.7. The summed E-state index contributed by atoms with van der Waals surface area (Å²) >= 11 is 0. The molecule has 0 aromatic heterocycles. The molecule has 3 heteroatoms. The van der Waals surface area contributed by atoms with Crippen molar-refractivity contribution in [3.63, 3.8) is 0 Å². The number of carbonyl (C=O) groups is 1. The van der Waals surface area contributed by atoms with Crippen molar-refractivity contribution in [2.45, 2.75) is 72.1 Å². The van der Waals surface area contributed by atoms with Crippen molar-refractivity contribution < 1.29 is 9.53 Å². The van der Waals surface area contributed by atoms with E-state index in [1.807, 2.05) is 27.7 Å². The quantitative estimate of drug-likeness (QED) is 0.663. The first kappa shape index (κ1) is 14.4. The Morgan fingerprint density at radius 3 is 2.27 bits per heavy atom. The third-order valence-corrected chi connectivity index (χ3v) is 2.02. The molecule has 0 aromatic rings. The molecule has 0 radical (unpaired) electrons. The third-order valence-electron chi connectivity index (χ3n) is 2.02. The molecule has 0 rings (SSSR count). The Bertz CT molecular complexity index is 178. The number of nitrogens with one attached hydrogen (secondary N) is 1. The fourth-order valence-corrected chi connectivity index (χ4v) is 1.39. The van der Waals surface area contributed by atoms with Crippen molar-refractivity contribution in [3.8, 4) is 0 Å². The molecule has 0 bridgehead atoms. The van der Waals surface area contributed by atoms with Crippen LogP contribution in [-0.4, -0.2) is 24.2 Å². The second-order valence-corrected chi connectivity index (χ2v) is 4.50. The molecule has 1 N–H and O–H groups in total. The molecular weight excluding hydrogens is 190 g/mol. The van der Waals surface area contributed by atoms with E-state index in [4.69, 9.17) is 4.74 Å². The van der Waals surface area contributed by atoms with Gasteiger partial charge in [0.1, 0.15) is 6.04 Å². The van der Waals surface area contributed by atoms with Crippen molar-refractivity contribution in [3.05, 3.63) is 0 Å². The molecule has 1 atom stereocenters. The van der Waals surface area contributed by atoms with Gasteiger partial charge in [-0.3, -0.25) is 4.79 Å². The van der Waals surface area contributed by atoms with Crippen LogP contribution in [0.2, 0.25) is 0 Å². The summed E-state index contributed by atoms with van der Waals surface area (Å²) in [5, 5.41) is 3.25. The zero-order chi connectivity index (χ0) is 11.8. The molecule has 0 aromatic carbocycles. The van der Waals surface area contributed by atoms with E-state index >= 15 is 0 Å². The SMILES string of the molecule is CCCC[C@H](NC(C)C)C(=O)OC(C)C. The minimum absolute atomic E-state index is 0.0319. The Labute approximate surface area is 93.6 Å². The van der Waals surface area contributed by atoms with E-state index in [2.05, 4.69) is 12.2 Å². The molecule has 0 fully saturated rings. The van der Waals surface area contributed by atoms with E-state index in [0.29, 0.717) is 6.04 Å². The lowest BCUT2D eigenvalue weighted by molar-refractivity contribution is -0.150. The number of hydrogen-bond donors (Lipinski definition) is 1. The van der Waals surface area contributed by atoms with E-state index < -0.39 is 0 Å². The van der Waals surface area contributed by atoms with Crippen molar-refractivity contribution in [1.29, 1.82) is 0 Å². The van der Waals surface area contributed by atoms with Crippen LogP contribution < -0.4 is 5.32 Å². The van der Waals surface area contributed by atoms with Gasteiger partial charge in [-0.2, -0.15) is 0 Å². The summed E-state index contributed by atoms with van der Waals surface area (Å²) in [6.45, 7) is 9.97. The highest BCUT2D eigenvalue weighted by atomic mass is 16.5. The van der Waals surface area contributed by atoms with Crippen molar-refractivity contribution in [2.75, 3.05) is 0 Å². The first-order valence-electron chi connectivity index (χ1n) is 5.93. The number of unbranched alkanes of at least 4 members (excludes halogenated alkanes) is 1. The third kappa shape index (κ3) is 7.37. The Morgan fingerprint density at radius 1 is 1.27 bits per heavy atom. The largest absolute Gasteiger partial charge is 0.462 e. The Balaban J connectivity index is 4.14. The van der Waals surface area contributed by atoms with Crippen LogP contribution in [0.15, 0.2) is 0 Å². The average molecular weight is 215 g/mol. The standard InChI is InChI=1S/C12H25NO2/c1-6-7-8-11(13-9(2)3)12(14)15-10(4)5/h9-11,13H,6-8H2,1-5H3/t11-/m0/s1. The van der Waals surface area contributed by atoms with E-state index in [0.717, 1.165) is 19.3 Å². The second kappa shape index (κ2) is 7.69. The lowest BCUT2D eigenvalue weighted by Gasteiger charge is -2.21. The van der Waals surface area contributed by atoms with Gasteiger partial charge in [0.2, 0.25) is 0 Å². The number of esters is 1. The predicted octanol–water partition coefficient (Wildman–Crippen LogP) is 2.49. The first-order valence-corrected chi connectivity index (χ1v) is 5.93. The lowest BCUT2D eigenvalue weighted by atomic mass is 10.1. The molecular formula is C12H25NO2. The van der Waals surface area contributed by atoms with Gasteiger partial charge >= 0.3 is 5.97 Å². The molecule has 15 heavy (non-hydrogen) atoms. The number of hydrogen-bond acceptors (Lipinski definition) is 3. The van der Waals surface area contributed by atoms with Crippen molar-refractivity contribution in [1.82, 2.24) is 5.32 Å². The maximum Gasteiger partial charge on any atom is 0.323 e.